The van der Waals surface area contributed by atoms with E-state index in [-0.39, 0.29) is 29.8 Å². The van der Waals surface area contributed by atoms with Crippen molar-refractivity contribution in [2.45, 2.75) is 32.7 Å². The van der Waals surface area contributed by atoms with Crippen LogP contribution in [0.3, 0.4) is 0 Å². The number of carbonyl (C=O) groups is 2. The number of halogens is 1. The Bertz CT molecular complexity index is 1200. The molecule has 0 saturated carbocycles. The Morgan fingerprint density at radius 2 is 1.94 bits per heavy atom. The van der Waals surface area contributed by atoms with Crippen molar-refractivity contribution in [2.75, 3.05) is 29.9 Å². The largest absolute Gasteiger partial charge is 0.356 e. The lowest BCUT2D eigenvalue weighted by atomic mass is 9.96. The highest BCUT2D eigenvalue weighted by molar-refractivity contribution is 7.22. The predicted octanol–water partition coefficient (Wildman–Crippen LogP) is 2.89. The third-order valence-corrected chi connectivity index (χ3v) is 6.85. The van der Waals surface area contributed by atoms with E-state index < -0.39 is 0 Å². The molecule has 174 valence electrons. The molecule has 2 N–H and O–H groups in total. The van der Waals surface area contributed by atoms with Crippen LogP contribution in [-0.2, 0) is 16.1 Å². The number of thiazole rings is 1. The lowest BCUT2D eigenvalue weighted by molar-refractivity contribution is -0.125. The molecule has 9 nitrogen and oxygen atoms in total. The second kappa shape index (κ2) is 10.3. The number of rotatable bonds is 7. The molecular formula is C22H25ClN6O3S. The lowest BCUT2D eigenvalue weighted by Crippen LogP contribution is -2.40. The fraction of sp³-hybridized carbons (Fsp3) is 0.409. The van der Waals surface area contributed by atoms with Crippen LogP contribution < -0.4 is 21.1 Å². The van der Waals surface area contributed by atoms with Crippen LogP contribution in [-0.4, -0.2) is 46.0 Å². The molecule has 1 aliphatic heterocycles. The summed E-state index contributed by atoms with van der Waals surface area (Å²) < 4.78 is 1.69. The van der Waals surface area contributed by atoms with E-state index in [1.165, 1.54) is 22.2 Å². The fourth-order valence-corrected chi connectivity index (χ4v) is 4.84. The number of nitrogens with zero attached hydrogens (tertiary/aromatic N) is 4. The molecule has 0 unspecified atom stereocenters. The normalized spacial score (nSPS) is 14.4. The van der Waals surface area contributed by atoms with Crippen molar-refractivity contribution in [3.8, 4) is 0 Å². The van der Waals surface area contributed by atoms with Gasteiger partial charge in [-0.25, -0.2) is 4.98 Å². The SMILES string of the molecule is CCCNC(=O)C1CCN(c2nc3ncn(CC(=O)Nc4ccc(Cl)cc4)c(=O)c3s2)CC1. The van der Waals surface area contributed by atoms with E-state index in [1.54, 1.807) is 24.3 Å². The molecule has 4 rings (SSSR count). The number of benzene rings is 1. The molecule has 3 aromatic rings. The number of nitrogens with one attached hydrogen (secondary N) is 2. The molecule has 33 heavy (non-hydrogen) atoms. The van der Waals surface area contributed by atoms with Gasteiger partial charge in [0.15, 0.2) is 10.8 Å². The predicted molar refractivity (Wildman–Crippen MR) is 130 cm³/mol. The Morgan fingerprint density at radius 1 is 1.21 bits per heavy atom. The van der Waals surface area contributed by atoms with Gasteiger partial charge in [-0.3, -0.25) is 19.0 Å². The Hall–Kier alpha value is -2.98. The summed E-state index contributed by atoms with van der Waals surface area (Å²) in [6.07, 6.45) is 3.76. The molecular weight excluding hydrogens is 464 g/mol. The zero-order chi connectivity index (χ0) is 23.4. The molecule has 1 saturated heterocycles. The van der Waals surface area contributed by atoms with Crippen LogP contribution in [0.5, 0.6) is 0 Å². The number of amides is 2. The number of piperidine rings is 1. The van der Waals surface area contributed by atoms with Crippen molar-refractivity contribution in [1.29, 1.82) is 0 Å². The van der Waals surface area contributed by atoms with Crippen molar-refractivity contribution >= 4 is 55.9 Å². The van der Waals surface area contributed by atoms with Gasteiger partial charge in [0.1, 0.15) is 17.6 Å². The van der Waals surface area contributed by atoms with Gasteiger partial charge in [-0.1, -0.05) is 29.9 Å². The maximum absolute atomic E-state index is 12.9. The number of aromatic nitrogens is 3. The van der Waals surface area contributed by atoms with Crippen molar-refractivity contribution in [2.24, 2.45) is 5.92 Å². The third kappa shape index (κ3) is 5.51. The standard InChI is InChI=1S/C22H25ClN6O3S/c1-2-9-24-20(31)14-7-10-28(11-8-14)22-27-19-18(33-22)21(32)29(13-25-19)12-17(30)26-16-5-3-15(23)4-6-16/h3-6,13-14H,2,7-12H2,1H3,(H,24,31)(H,26,30). The smallest absolute Gasteiger partial charge is 0.273 e. The van der Waals surface area contributed by atoms with E-state index >= 15 is 0 Å². The summed E-state index contributed by atoms with van der Waals surface area (Å²) in [5.41, 5.74) is 0.666. The summed E-state index contributed by atoms with van der Waals surface area (Å²) in [6.45, 7) is 3.97. The van der Waals surface area contributed by atoms with Gasteiger partial charge >= 0.3 is 0 Å². The summed E-state index contributed by atoms with van der Waals surface area (Å²) in [5, 5.41) is 6.99. The minimum atomic E-state index is -0.339. The van der Waals surface area contributed by atoms with Gasteiger partial charge in [0, 0.05) is 36.3 Å². The molecule has 2 amide bonds. The Morgan fingerprint density at radius 3 is 2.64 bits per heavy atom. The second-order valence-electron chi connectivity index (χ2n) is 7.93. The van der Waals surface area contributed by atoms with Crippen LogP contribution >= 0.6 is 22.9 Å². The topological polar surface area (TPSA) is 109 Å². The van der Waals surface area contributed by atoms with Gasteiger partial charge < -0.3 is 15.5 Å². The maximum atomic E-state index is 12.9. The van der Waals surface area contributed by atoms with Gasteiger partial charge in [0.05, 0.1) is 0 Å². The lowest BCUT2D eigenvalue weighted by Gasteiger charge is -2.30. The quantitative estimate of drug-likeness (QED) is 0.529. The first kappa shape index (κ1) is 23.2. The summed E-state index contributed by atoms with van der Waals surface area (Å²) in [7, 11) is 0. The number of fused-ring (bicyclic) bond motifs is 1. The first-order chi connectivity index (χ1) is 15.9. The van der Waals surface area contributed by atoms with Crippen LogP contribution in [0.2, 0.25) is 5.02 Å². The average molecular weight is 489 g/mol. The summed E-state index contributed by atoms with van der Waals surface area (Å²) in [6, 6.07) is 6.74. The molecule has 1 aliphatic rings. The van der Waals surface area contributed by atoms with E-state index in [4.69, 9.17) is 11.6 Å². The van der Waals surface area contributed by atoms with Gasteiger partial charge in [0.25, 0.3) is 5.56 Å². The number of anilines is 2. The van der Waals surface area contributed by atoms with Crippen LogP contribution in [0.1, 0.15) is 26.2 Å². The highest BCUT2D eigenvalue weighted by atomic mass is 35.5. The molecule has 2 aromatic heterocycles. The highest BCUT2D eigenvalue weighted by Gasteiger charge is 2.26. The number of hydrogen-bond donors (Lipinski definition) is 2. The average Bonchev–Trinajstić information content (AvgIpc) is 3.26. The van der Waals surface area contributed by atoms with E-state index in [2.05, 4.69) is 25.5 Å². The Labute approximate surface area is 199 Å². The number of carbonyl (C=O) groups excluding carboxylic acids is 2. The van der Waals surface area contributed by atoms with Gasteiger partial charge in [-0.15, -0.1) is 0 Å². The molecule has 0 aliphatic carbocycles. The minimum absolute atomic E-state index is 0.0108. The van der Waals surface area contributed by atoms with E-state index in [1.807, 2.05) is 6.92 Å². The Balaban J connectivity index is 1.42. The summed E-state index contributed by atoms with van der Waals surface area (Å²) in [4.78, 5) is 48.4. The van der Waals surface area contributed by atoms with Crippen LogP contribution in [0.15, 0.2) is 35.4 Å². The summed E-state index contributed by atoms with van der Waals surface area (Å²) in [5.74, 6) is -0.215. The van der Waals surface area contributed by atoms with Crippen LogP contribution in [0.4, 0.5) is 10.8 Å². The monoisotopic (exact) mass is 488 g/mol. The van der Waals surface area contributed by atoms with Crippen LogP contribution in [0, 0.1) is 5.92 Å². The molecule has 0 radical (unpaired) electrons. The van der Waals surface area contributed by atoms with E-state index in [0.29, 0.717) is 45.8 Å². The van der Waals surface area contributed by atoms with Gasteiger partial charge in [-0.2, -0.15) is 4.98 Å². The highest BCUT2D eigenvalue weighted by Crippen LogP contribution is 2.29. The second-order valence-corrected chi connectivity index (χ2v) is 9.35. The molecule has 0 atom stereocenters. The Kier molecular flexibility index (Phi) is 7.24. The molecule has 0 spiro atoms. The van der Waals surface area contributed by atoms with E-state index in [9.17, 15) is 14.4 Å². The number of hydrogen-bond acceptors (Lipinski definition) is 7. The first-order valence-corrected chi connectivity index (χ1v) is 12.1. The molecule has 3 heterocycles. The maximum Gasteiger partial charge on any atom is 0.273 e. The molecule has 11 heteroatoms. The molecule has 1 fully saturated rings. The van der Waals surface area contributed by atoms with Crippen LogP contribution in [0.25, 0.3) is 10.3 Å². The molecule has 0 bridgehead atoms. The zero-order valence-electron chi connectivity index (χ0n) is 18.2. The first-order valence-electron chi connectivity index (χ1n) is 10.9. The van der Waals surface area contributed by atoms with Gasteiger partial charge in [0.2, 0.25) is 11.8 Å². The zero-order valence-corrected chi connectivity index (χ0v) is 19.8. The van der Waals surface area contributed by atoms with Crippen molar-refractivity contribution < 1.29 is 9.59 Å². The van der Waals surface area contributed by atoms with Crippen molar-refractivity contribution in [1.82, 2.24) is 19.9 Å². The summed E-state index contributed by atoms with van der Waals surface area (Å²) >= 11 is 7.13. The van der Waals surface area contributed by atoms with E-state index in [0.717, 1.165) is 19.3 Å². The fourth-order valence-electron chi connectivity index (χ4n) is 3.70. The third-order valence-electron chi connectivity index (χ3n) is 5.50. The molecule has 1 aromatic carbocycles. The minimum Gasteiger partial charge on any atom is -0.356 e. The van der Waals surface area contributed by atoms with Crippen molar-refractivity contribution in [3.05, 3.63) is 46.0 Å². The van der Waals surface area contributed by atoms with Crippen molar-refractivity contribution in [3.63, 3.8) is 0 Å². The van der Waals surface area contributed by atoms with Gasteiger partial charge in [-0.05, 0) is 43.5 Å².